The van der Waals surface area contributed by atoms with Crippen molar-refractivity contribution in [2.75, 3.05) is 78.2 Å². The van der Waals surface area contributed by atoms with Crippen molar-refractivity contribution in [3.8, 4) is 5.75 Å². The number of thioether (sulfide) groups is 1. The van der Waals surface area contributed by atoms with Gasteiger partial charge in [-0.15, -0.1) is 0 Å². The van der Waals surface area contributed by atoms with Gasteiger partial charge in [-0.3, -0.25) is 48.6 Å². The number of fused-ring (bicyclic) bond motifs is 2. The number of hydrogen-bond acceptors (Lipinski definition) is 14. The summed E-state index contributed by atoms with van der Waals surface area (Å²) in [5.41, 5.74) is 0.00849. The number of nitrogens with one attached hydrogen (secondary N) is 7. The van der Waals surface area contributed by atoms with E-state index in [-0.39, 0.29) is 78.4 Å². The van der Waals surface area contributed by atoms with E-state index in [1.165, 1.54) is 18.2 Å². The molecule has 0 radical (unpaired) electrons. The molecule has 3 saturated heterocycles. The third-order valence-corrected chi connectivity index (χ3v) is 12.8. The lowest BCUT2D eigenvalue weighted by Gasteiger charge is -2.27. The molecular formula is C44H64N8O13S. The summed E-state index contributed by atoms with van der Waals surface area (Å²) in [5, 5.41) is 19.8. The molecule has 4 atom stereocenters. The van der Waals surface area contributed by atoms with Crippen molar-refractivity contribution in [1.29, 1.82) is 0 Å². The van der Waals surface area contributed by atoms with E-state index in [0.29, 0.717) is 103 Å². The van der Waals surface area contributed by atoms with Gasteiger partial charge in [0.25, 0.3) is 17.7 Å². The molecular weight excluding hydrogens is 881 g/mol. The Labute approximate surface area is 388 Å². The van der Waals surface area contributed by atoms with Gasteiger partial charge in [-0.25, -0.2) is 4.79 Å². The normalized spacial score (nSPS) is 19.7. The Hall–Kier alpha value is -5.32. The van der Waals surface area contributed by atoms with Gasteiger partial charge in [-0.1, -0.05) is 12.5 Å². The Morgan fingerprint density at radius 3 is 1.89 bits per heavy atom. The van der Waals surface area contributed by atoms with E-state index in [4.69, 9.17) is 18.9 Å². The number of ether oxygens (including phenoxy) is 4. The molecule has 10 amide bonds. The van der Waals surface area contributed by atoms with Crippen LogP contribution in [0.3, 0.4) is 0 Å². The quantitative estimate of drug-likeness (QED) is 0.0294. The molecule has 5 rings (SSSR count). The number of urea groups is 1. The summed E-state index contributed by atoms with van der Waals surface area (Å²) in [7, 11) is 0. The number of nitrogens with zero attached hydrogens (tertiary/aromatic N) is 1. The smallest absolute Gasteiger partial charge is 0.315 e. The van der Waals surface area contributed by atoms with Gasteiger partial charge in [-0.2, -0.15) is 11.8 Å². The molecule has 21 nitrogen and oxygen atoms in total. The zero-order valence-corrected chi connectivity index (χ0v) is 38.2. The minimum atomic E-state index is -1.11. The van der Waals surface area contributed by atoms with Gasteiger partial charge in [0.15, 0.2) is 6.61 Å². The van der Waals surface area contributed by atoms with E-state index in [0.717, 1.165) is 36.3 Å². The molecule has 1 aromatic carbocycles. The third kappa shape index (κ3) is 16.8. The summed E-state index contributed by atoms with van der Waals surface area (Å²) in [4.78, 5) is 111. The number of rotatable bonds is 32. The van der Waals surface area contributed by atoms with Gasteiger partial charge < -0.3 is 50.8 Å². The Balaban J connectivity index is 0.744. The number of amides is 10. The van der Waals surface area contributed by atoms with Gasteiger partial charge in [-0.05, 0) is 63.5 Å². The maximum absolute atomic E-state index is 13.2. The summed E-state index contributed by atoms with van der Waals surface area (Å²) >= 11 is 1.89. The van der Waals surface area contributed by atoms with E-state index in [2.05, 4.69) is 37.2 Å². The van der Waals surface area contributed by atoms with Gasteiger partial charge >= 0.3 is 6.03 Å². The maximum Gasteiger partial charge on any atom is 0.315 e. The van der Waals surface area contributed by atoms with E-state index < -0.39 is 42.2 Å². The summed E-state index contributed by atoms with van der Waals surface area (Å²) in [5.74, 6) is -2.32. The van der Waals surface area contributed by atoms with Crippen LogP contribution in [0, 0.1) is 0 Å². The molecule has 0 aromatic heterocycles. The van der Waals surface area contributed by atoms with Crippen LogP contribution < -0.4 is 42.0 Å². The lowest BCUT2D eigenvalue weighted by atomic mass is 10.0. The predicted molar refractivity (Wildman–Crippen MR) is 239 cm³/mol. The Kier molecular flexibility index (Phi) is 21.9. The molecule has 0 bridgehead atoms. The molecule has 0 spiro atoms. The molecule has 0 aliphatic carbocycles. The van der Waals surface area contributed by atoms with Crippen LogP contribution in [0.1, 0.15) is 104 Å². The molecule has 66 heavy (non-hydrogen) atoms. The highest BCUT2D eigenvalue weighted by Gasteiger charge is 2.46. The van der Waals surface area contributed by atoms with E-state index in [9.17, 15) is 43.2 Å². The molecule has 364 valence electrons. The summed E-state index contributed by atoms with van der Waals surface area (Å²) < 4.78 is 22.2. The predicted octanol–water partition coefficient (Wildman–Crippen LogP) is 0.438. The molecule has 4 aliphatic heterocycles. The fraction of sp³-hybridized carbons (Fsp3) is 0.659. The molecule has 22 heteroatoms. The second kappa shape index (κ2) is 28.0. The average molecular weight is 945 g/mol. The molecule has 1 aromatic rings. The highest BCUT2D eigenvalue weighted by Crippen LogP contribution is 2.34. The van der Waals surface area contributed by atoms with Gasteiger partial charge in [0.1, 0.15) is 11.8 Å². The number of benzene rings is 1. The van der Waals surface area contributed by atoms with Crippen molar-refractivity contribution in [1.82, 2.24) is 42.1 Å². The zero-order chi connectivity index (χ0) is 47.1. The SMILES string of the molecule is O=C(CCCC[C@@H]1SC[C@@H]2NC(=O)N[C@@H]21)NCCCOCCOCCOCCCNC(=O)CCCC(=O)NCCCCNC(=O)COc1cccc2c1C(=O)N(C1CCC(=O)NC1=O)C2=O. The second-order valence-electron chi connectivity index (χ2n) is 16.3. The second-order valence-corrected chi connectivity index (χ2v) is 17.6. The van der Waals surface area contributed by atoms with Gasteiger partial charge in [0, 0.05) is 76.1 Å². The number of carbonyl (C=O) groups is 9. The van der Waals surface area contributed by atoms with Crippen LogP contribution in [0.4, 0.5) is 4.79 Å². The highest BCUT2D eigenvalue weighted by atomic mass is 32.2. The van der Waals surface area contributed by atoms with E-state index >= 15 is 0 Å². The minimum absolute atomic E-state index is 0.00191. The first-order valence-corrected chi connectivity index (χ1v) is 24.0. The van der Waals surface area contributed by atoms with Crippen LogP contribution in [0.25, 0.3) is 0 Å². The van der Waals surface area contributed by atoms with Crippen LogP contribution in [0.5, 0.6) is 5.75 Å². The summed E-state index contributed by atoms with van der Waals surface area (Å²) in [6.45, 7) is 4.08. The van der Waals surface area contributed by atoms with Crippen molar-refractivity contribution in [2.45, 2.75) is 107 Å². The van der Waals surface area contributed by atoms with Gasteiger partial charge in [0.2, 0.25) is 29.5 Å². The van der Waals surface area contributed by atoms with E-state index in [1.54, 1.807) is 0 Å². The molecule has 0 saturated carbocycles. The average Bonchev–Trinajstić information content (AvgIpc) is 3.93. The van der Waals surface area contributed by atoms with Crippen LogP contribution in [0.2, 0.25) is 0 Å². The molecule has 4 heterocycles. The van der Waals surface area contributed by atoms with E-state index in [1.807, 2.05) is 11.8 Å². The number of carbonyl (C=O) groups excluding carboxylic acids is 9. The van der Waals surface area contributed by atoms with Crippen LogP contribution >= 0.6 is 11.8 Å². The molecule has 7 N–H and O–H groups in total. The maximum atomic E-state index is 13.2. The number of hydrogen-bond donors (Lipinski definition) is 7. The highest BCUT2D eigenvalue weighted by molar-refractivity contribution is 8.00. The van der Waals surface area contributed by atoms with Crippen molar-refractivity contribution in [2.24, 2.45) is 0 Å². The van der Waals surface area contributed by atoms with Crippen LogP contribution in [0.15, 0.2) is 18.2 Å². The number of unbranched alkanes of at least 4 members (excludes halogenated alkanes) is 2. The lowest BCUT2D eigenvalue weighted by Crippen LogP contribution is -2.54. The first-order valence-electron chi connectivity index (χ1n) is 23.0. The fourth-order valence-corrected chi connectivity index (χ4v) is 9.34. The number of piperidine rings is 1. The largest absolute Gasteiger partial charge is 0.483 e. The fourth-order valence-electron chi connectivity index (χ4n) is 7.80. The zero-order valence-electron chi connectivity index (χ0n) is 37.4. The third-order valence-electron chi connectivity index (χ3n) is 11.2. The standard InChI is InChI=1S/C44H64N8O13S/c53-34(12-2-1-11-33-40-30(28-66-33)49-44(61)51-40)46-19-7-21-62-23-25-64-26-24-63-22-8-20-47-36(55)14-6-13-35(54)45-17-3-4-18-48-38(57)27-65-32-10-5-9-29-39(32)43(60)52(42(29)59)31-15-16-37(56)50-41(31)58/h5,9-10,30-31,33,40H,1-4,6-8,11-28H2,(H,45,54)(H,46,53)(H,47,55)(H,48,57)(H2,49,51,61)(H,50,56,58)/t30-,31?,33-,40-/m0/s1. The lowest BCUT2D eigenvalue weighted by molar-refractivity contribution is -0.136. The summed E-state index contributed by atoms with van der Waals surface area (Å²) in [6.07, 6.45) is 6.70. The molecule has 4 aliphatic rings. The monoisotopic (exact) mass is 944 g/mol. The van der Waals surface area contributed by atoms with Crippen molar-refractivity contribution >= 4 is 65.1 Å². The van der Waals surface area contributed by atoms with Crippen LogP contribution in [-0.2, 0) is 43.0 Å². The Morgan fingerprint density at radius 2 is 1.26 bits per heavy atom. The minimum Gasteiger partial charge on any atom is -0.483 e. The van der Waals surface area contributed by atoms with Crippen LogP contribution in [-0.4, -0.2) is 160 Å². The number of imide groups is 2. The van der Waals surface area contributed by atoms with Crippen molar-refractivity contribution in [3.05, 3.63) is 29.3 Å². The van der Waals surface area contributed by atoms with Gasteiger partial charge in [0.05, 0.1) is 49.6 Å². The Morgan fingerprint density at radius 1 is 0.667 bits per heavy atom. The Bertz CT molecular complexity index is 1870. The molecule has 3 fully saturated rings. The first-order chi connectivity index (χ1) is 32.0. The van der Waals surface area contributed by atoms with Crippen molar-refractivity contribution in [3.63, 3.8) is 0 Å². The molecule has 1 unspecified atom stereocenters. The topological polar surface area (TPSA) is 278 Å². The van der Waals surface area contributed by atoms with Crippen molar-refractivity contribution < 1.29 is 62.1 Å². The summed E-state index contributed by atoms with van der Waals surface area (Å²) in [6, 6.07) is 3.65. The first kappa shape index (κ1) is 51.7.